The summed E-state index contributed by atoms with van der Waals surface area (Å²) >= 11 is 5.98. The van der Waals surface area contributed by atoms with E-state index in [0.717, 1.165) is 4.57 Å². The van der Waals surface area contributed by atoms with Crippen molar-refractivity contribution in [1.82, 2.24) is 19.4 Å². The molecule has 1 fully saturated rings. The van der Waals surface area contributed by atoms with Crippen LogP contribution in [0.4, 0.5) is 10.6 Å². The van der Waals surface area contributed by atoms with Crippen molar-refractivity contribution in [3.05, 3.63) is 52.3 Å². The van der Waals surface area contributed by atoms with Gasteiger partial charge in [0.2, 0.25) is 0 Å². The molecule has 1 amide bonds. The number of hydrogen-bond donors (Lipinski definition) is 1. The van der Waals surface area contributed by atoms with Crippen LogP contribution in [-0.4, -0.2) is 62.8 Å². The third-order valence-electron chi connectivity index (χ3n) is 4.35. The predicted octanol–water partition coefficient (Wildman–Crippen LogP) is 2.96. The van der Waals surface area contributed by atoms with Crippen LogP contribution in [0.1, 0.15) is 34.1 Å². The summed E-state index contributed by atoms with van der Waals surface area (Å²) in [6, 6.07) is 5.56. The van der Waals surface area contributed by atoms with E-state index in [-0.39, 0.29) is 30.2 Å². The first-order valence-electron chi connectivity index (χ1n) is 10.6. The maximum atomic E-state index is 12.6. The fraction of sp³-hybridized carbons (Fsp3) is 0.500. The summed E-state index contributed by atoms with van der Waals surface area (Å²) in [5.74, 6) is -0.490. The van der Waals surface area contributed by atoms with Crippen molar-refractivity contribution in [2.45, 2.75) is 52.3 Å². The molecule has 10 nitrogen and oxygen atoms in total. The molecule has 0 aromatic carbocycles. The Morgan fingerprint density at radius 1 is 1.24 bits per heavy atom. The van der Waals surface area contributed by atoms with E-state index in [1.54, 1.807) is 45.0 Å². The number of carbonyl (C=O) groups is 2. The van der Waals surface area contributed by atoms with Gasteiger partial charge in [0.05, 0.1) is 12.8 Å². The molecule has 1 N–H and O–H groups in total. The maximum absolute atomic E-state index is 12.6. The Morgan fingerprint density at radius 3 is 2.48 bits per heavy atom. The number of ether oxygens (including phenoxy) is 2. The molecule has 0 saturated carbocycles. The maximum Gasteiger partial charge on any atom is 0.410 e. The first-order valence-corrected chi connectivity index (χ1v) is 11.0. The highest BCUT2D eigenvalue weighted by molar-refractivity contribution is 6.29. The highest BCUT2D eigenvalue weighted by Crippen LogP contribution is 2.17. The lowest BCUT2D eigenvalue weighted by Gasteiger charge is -2.24. The molecule has 1 atom stereocenters. The van der Waals surface area contributed by atoms with Gasteiger partial charge in [-0.3, -0.25) is 19.1 Å². The smallest absolute Gasteiger partial charge is 0.410 e. The Bertz CT molecular complexity index is 951. The van der Waals surface area contributed by atoms with Gasteiger partial charge < -0.3 is 19.7 Å². The van der Waals surface area contributed by atoms with Crippen molar-refractivity contribution in [3.63, 3.8) is 0 Å². The SMILES string of the molecule is CCOC(=O)Cn1c(Cl)cnc(N[C@H]2CCN(C(=O)OC(C)(C)C)C2)c1=O.c1ccncc1. The highest BCUT2D eigenvalue weighted by atomic mass is 35.5. The van der Waals surface area contributed by atoms with Crippen LogP contribution in [-0.2, 0) is 20.8 Å². The second kappa shape index (κ2) is 12.2. The van der Waals surface area contributed by atoms with Gasteiger partial charge >= 0.3 is 12.1 Å². The first-order chi connectivity index (χ1) is 15.6. The first kappa shape index (κ1) is 26.1. The number of carbonyl (C=O) groups excluding carboxylic acids is 2. The van der Waals surface area contributed by atoms with E-state index in [4.69, 9.17) is 21.1 Å². The standard InChI is InChI=1S/C17H25ClN4O5.C5H5N/c1-5-26-13(23)10-22-12(18)8-19-14(15(22)24)20-11-6-7-21(9-11)16(25)27-17(2,3)4;1-2-4-6-5-3-1/h8,11H,5-7,9-10H2,1-4H3,(H,19,20);1-5H/t11-;/m0./s1. The molecule has 0 spiro atoms. The van der Waals surface area contributed by atoms with Crippen LogP contribution in [0, 0.1) is 0 Å². The van der Waals surface area contributed by atoms with Crippen molar-refractivity contribution in [1.29, 1.82) is 0 Å². The van der Waals surface area contributed by atoms with Crippen LogP contribution in [0.25, 0.3) is 0 Å². The number of halogens is 1. The molecule has 0 bridgehead atoms. The van der Waals surface area contributed by atoms with Gasteiger partial charge in [-0.2, -0.15) is 0 Å². The molecule has 33 heavy (non-hydrogen) atoms. The van der Waals surface area contributed by atoms with E-state index in [0.29, 0.717) is 19.5 Å². The zero-order valence-corrected chi connectivity index (χ0v) is 20.0. The molecular weight excluding hydrogens is 450 g/mol. The summed E-state index contributed by atoms with van der Waals surface area (Å²) in [7, 11) is 0. The lowest BCUT2D eigenvalue weighted by Crippen LogP contribution is -2.37. The van der Waals surface area contributed by atoms with Gasteiger partial charge in [-0.05, 0) is 46.2 Å². The number of esters is 1. The van der Waals surface area contributed by atoms with Crippen molar-refractivity contribution in [2.75, 3.05) is 25.0 Å². The Kier molecular flexibility index (Phi) is 9.65. The monoisotopic (exact) mass is 479 g/mol. The molecule has 0 radical (unpaired) electrons. The number of nitrogens with one attached hydrogen (secondary N) is 1. The van der Waals surface area contributed by atoms with E-state index < -0.39 is 23.2 Å². The van der Waals surface area contributed by atoms with Gasteiger partial charge in [0, 0.05) is 31.5 Å². The number of rotatable bonds is 5. The largest absolute Gasteiger partial charge is 0.465 e. The minimum atomic E-state index is -0.568. The van der Waals surface area contributed by atoms with E-state index in [1.807, 2.05) is 18.2 Å². The van der Waals surface area contributed by atoms with Crippen LogP contribution in [0.2, 0.25) is 5.15 Å². The van der Waals surface area contributed by atoms with Crippen molar-refractivity contribution >= 4 is 29.5 Å². The summed E-state index contributed by atoms with van der Waals surface area (Å²) in [5.41, 5.74) is -1.09. The van der Waals surface area contributed by atoms with Gasteiger partial charge in [0.25, 0.3) is 5.56 Å². The second-order valence-corrected chi connectivity index (χ2v) is 8.59. The Balaban J connectivity index is 0.000000554. The number of aromatic nitrogens is 3. The second-order valence-electron chi connectivity index (χ2n) is 8.21. The average Bonchev–Trinajstić information content (AvgIpc) is 3.23. The minimum Gasteiger partial charge on any atom is -0.465 e. The molecule has 1 aliphatic heterocycles. The van der Waals surface area contributed by atoms with Crippen LogP contribution < -0.4 is 10.9 Å². The fourth-order valence-electron chi connectivity index (χ4n) is 2.93. The lowest BCUT2D eigenvalue weighted by atomic mass is 10.2. The van der Waals surface area contributed by atoms with Crippen LogP contribution in [0.3, 0.4) is 0 Å². The zero-order valence-electron chi connectivity index (χ0n) is 19.3. The zero-order chi connectivity index (χ0) is 24.4. The molecule has 3 rings (SSSR count). The minimum absolute atomic E-state index is 0.0420. The number of nitrogens with zero attached hydrogens (tertiary/aromatic N) is 4. The van der Waals surface area contributed by atoms with Crippen LogP contribution in [0.5, 0.6) is 0 Å². The van der Waals surface area contributed by atoms with Gasteiger partial charge in [0.15, 0.2) is 5.82 Å². The molecule has 11 heteroatoms. The summed E-state index contributed by atoms with van der Waals surface area (Å²) in [4.78, 5) is 45.7. The molecule has 0 unspecified atom stereocenters. The highest BCUT2D eigenvalue weighted by Gasteiger charge is 2.30. The molecular formula is C22H30ClN5O5. The molecule has 180 valence electrons. The number of amides is 1. The normalized spacial score (nSPS) is 15.3. The van der Waals surface area contributed by atoms with Gasteiger partial charge in [-0.1, -0.05) is 17.7 Å². The van der Waals surface area contributed by atoms with Gasteiger partial charge in [0.1, 0.15) is 17.3 Å². The number of hydrogen-bond acceptors (Lipinski definition) is 8. The van der Waals surface area contributed by atoms with Gasteiger partial charge in [-0.15, -0.1) is 0 Å². The van der Waals surface area contributed by atoms with E-state index >= 15 is 0 Å². The van der Waals surface area contributed by atoms with Gasteiger partial charge in [-0.25, -0.2) is 9.78 Å². The van der Waals surface area contributed by atoms with Crippen molar-refractivity contribution in [2.24, 2.45) is 0 Å². The van der Waals surface area contributed by atoms with Crippen LogP contribution >= 0.6 is 11.6 Å². The Morgan fingerprint density at radius 2 is 1.94 bits per heavy atom. The number of anilines is 1. The third kappa shape index (κ3) is 8.72. The van der Waals surface area contributed by atoms with Crippen molar-refractivity contribution < 1.29 is 19.1 Å². The number of pyridine rings is 1. The average molecular weight is 480 g/mol. The fourth-order valence-corrected chi connectivity index (χ4v) is 3.11. The summed E-state index contributed by atoms with van der Waals surface area (Å²) in [6.45, 7) is 7.91. The molecule has 1 aliphatic rings. The summed E-state index contributed by atoms with van der Waals surface area (Å²) in [6.07, 6.45) is 5.04. The Hall–Kier alpha value is -3.14. The lowest BCUT2D eigenvalue weighted by molar-refractivity contribution is -0.143. The summed E-state index contributed by atoms with van der Waals surface area (Å²) < 4.78 is 11.3. The molecule has 2 aromatic heterocycles. The quantitative estimate of drug-likeness (QED) is 0.650. The molecule has 3 heterocycles. The third-order valence-corrected chi connectivity index (χ3v) is 4.65. The van der Waals surface area contributed by atoms with Crippen LogP contribution in [0.15, 0.2) is 41.6 Å². The topological polar surface area (TPSA) is 116 Å². The van der Waals surface area contributed by atoms with Crippen molar-refractivity contribution in [3.8, 4) is 0 Å². The molecule has 2 aromatic rings. The van der Waals surface area contributed by atoms with E-state index in [1.165, 1.54) is 6.20 Å². The molecule has 0 aliphatic carbocycles. The number of likely N-dealkylation sites (tertiary alicyclic amines) is 1. The van der Waals surface area contributed by atoms with E-state index in [9.17, 15) is 14.4 Å². The summed E-state index contributed by atoms with van der Waals surface area (Å²) in [5, 5.41) is 3.07. The Labute approximate surface area is 197 Å². The molecule has 1 saturated heterocycles. The predicted molar refractivity (Wildman–Crippen MR) is 124 cm³/mol. The van der Waals surface area contributed by atoms with E-state index in [2.05, 4.69) is 15.3 Å².